The zero-order valence-electron chi connectivity index (χ0n) is 15.3. The molecular formula is C23H29NO. The van der Waals surface area contributed by atoms with Crippen LogP contribution in [-0.4, -0.2) is 30.3 Å². The molecule has 0 amide bonds. The third kappa shape index (κ3) is 3.85. The van der Waals surface area contributed by atoms with E-state index in [-0.39, 0.29) is 0 Å². The summed E-state index contributed by atoms with van der Waals surface area (Å²) in [7, 11) is 0. The third-order valence-corrected chi connectivity index (χ3v) is 5.58. The first-order valence-corrected chi connectivity index (χ1v) is 9.64. The smallest absolute Gasteiger partial charge is 0.147 e. The Hall–Kier alpha value is -1.93. The second-order valence-electron chi connectivity index (χ2n) is 7.07. The molecule has 0 radical (unpaired) electrons. The van der Waals surface area contributed by atoms with E-state index in [0.717, 1.165) is 24.1 Å². The number of benzene rings is 2. The summed E-state index contributed by atoms with van der Waals surface area (Å²) in [6.45, 7) is 5.30. The quantitative estimate of drug-likeness (QED) is 0.722. The number of piperidine rings is 1. The molecule has 25 heavy (non-hydrogen) atoms. The van der Waals surface area contributed by atoms with Gasteiger partial charge in [0.1, 0.15) is 5.78 Å². The molecule has 0 aliphatic carbocycles. The summed E-state index contributed by atoms with van der Waals surface area (Å²) in [6.07, 6.45) is 5.32. The lowest BCUT2D eigenvalue weighted by molar-refractivity contribution is -0.123. The van der Waals surface area contributed by atoms with Crippen molar-refractivity contribution in [3.63, 3.8) is 0 Å². The molecule has 132 valence electrons. The summed E-state index contributed by atoms with van der Waals surface area (Å²) in [5.41, 5.74) is 1.73. The molecule has 1 heterocycles. The number of hydrogen-bond acceptors (Lipinski definition) is 2. The minimum absolute atomic E-state index is 0.321. The van der Waals surface area contributed by atoms with Gasteiger partial charge >= 0.3 is 0 Å². The van der Waals surface area contributed by atoms with Gasteiger partial charge in [-0.1, -0.05) is 74.0 Å². The molecule has 0 N–H and O–H groups in total. The average Bonchev–Trinajstić information content (AvgIpc) is 2.70. The Morgan fingerprint density at radius 2 is 1.40 bits per heavy atom. The van der Waals surface area contributed by atoms with Crippen molar-refractivity contribution in [2.75, 3.05) is 19.6 Å². The Bertz CT molecular complexity index is 620. The van der Waals surface area contributed by atoms with Crippen LogP contribution in [0.15, 0.2) is 60.7 Å². The van der Waals surface area contributed by atoms with E-state index < -0.39 is 5.41 Å². The summed E-state index contributed by atoms with van der Waals surface area (Å²) in [5.74, 6) is 0.321. The molecule has 2 aromatic carbocycles. The molecule has 1 saturated heterocycles. The third-order valence-electron chi connectivity index (χ3n) is 5.58. The highest BCUT2D eigenvalue weighted by Crippen LogP contribution is 2.38. The van der Waals surface area contributed by atoms with Crippen molar-refractivity contribution in [1.29, 1.82) is 0 Å². The molecule has 2 aromatic rings. The maximum Gasteiger partial charge on any atom is 0.147 e. The number of rotatable bonds is 7. The summed E-state index contributed by atoms with van der Waals surface area (Å²) >= 11 is 0. The van der Waals surface area contributed by atoms with E-state index in [1.165, 1.54) is 32.4 Å². The standard InChI is InChI=1S/C23H29NO/c1-2-22(25)23(20-12-6-3-7-13-20,21-14-8-4-9-15-21)16-19-24-17-10-5-11-18-24/h3-4,6-9,12-15H,2,5,10-11,16-19H2,1H3. The second-order valence-corrected chi connectivity index (χ2v) is 7.07. The van der Waals surface area contributed by atoms with Gasteiger partial charge in [-0.3, -0.25) is 4.79 Å². The van der Waals surface area contributed by atoms with Gasteiger partial charge in [-0.2, -0.15) is 0 Å². The summed E-state index contributed by atoms with van der Waals surface area (Å²) in [6, 6.07) is 20.8. The minimum Gasteiger partial charge on any atom is -0.303 e. The van der Waals surface area contributed by atoms with E-state index in [2.05, 4.69) is 53.4 Å². The van der Waals surface area contributed by atoms with Crippen molar-refractivity contribution >= 4 is 5.78 Å². The lowest BCUT2D eigenvalue weighted by atomic mass is 9.68. The maximum atomic E-state index is 13.3. The zero-order valence-corrected chi connectivity index (χ0v) is 15.3. The number of hydrogen-bond donors (Lipinski definition) is 0. The molecule has 0 spiro atoms. The topological polar surface area (TPSA) is 20.3 Å². The first-order valence-electron chi connectivity index (χ1n) is 9.64. The molecule has 1 aliphatic rings. The molecule has 0 aromatic heterocycles. The predicted molar refractivity (Wildman–Crippen MR) is 104 cm³/mol. The summed E-state index contributed by atoms with van der Waals surface area (Å²) < 4.78 is 0. The fourth-order valence-corrected chi connectivity index (χ4v) is 4.17. The van der Waals surface area contributed by atoms with Crippen molar-refractivity contribution in [3.8, 4) is 0 Å². The van der Waals surface area contributed by atoms with Crippen molar-refractivity contribution in [1.82, 2.24) is 4.90 Å². The van der Waals surface area contributed by atoms with Crippen LogP contribution in [0.4, 0.5) is 0 Å². The zero-order chi connectivity index (χ0) is 17.5. The van der Waals surface area contributed by atoms with Crippen LogP contribution < -0.4 is 0 Å². The molecule has 0 unspecified atom stereocenters. The maximum absolute atomic E-state index is 13.3. The molecule has 2 heteroatoms. The second kappa shape index (κ2) is 8.44. The fraction of sp³-hybridized carbons (Fsp3) is 0.435. The van der Waals surface area contributed by atoms with E-state index >= 15 is 0 Å². The van der Waals surface area contributed by atoms with Crippen LogP contribution in [-0.2, 0) is 10.2 Å². The van der Waals surface area contributed by atoms with E-state index in [0.29, 0.717) is 12.2 Å². The van der Waals surface area contributed by atoms with Crippen LogP contribution >= 0.6 is 0 Å². The van der Waals surface area contributed by atoms with Gasteiger partial charge in [-0.15, -0.1) is 0 Å². The fourth-order valence-electron chi connectivity index (χ4n) is 4.17. The number of Topliss-reactive ketones (excluding diaryl/α,β-unsaturated/α-hetero) is 1. The molecule has 1 fully saturated rings. The molecule has 0 atom stereocenters. The monoisotopic (exact) mass is 335 g/mol. The minimum atomic E-state index is -0.533. The Balaban J connectivity index is 2.00. The number of carbonyl (C=O) groups excluding carboxylic acids is 1. The van der Waals surface area contributed by atoms with Crippen LogP contribution in [0.3, 0.4) is 0 Å². The van der Waals surface area contributed by atoms with Gasteiger partial charge in [0.15, 0.2) is 0 Å². The van der Waals surface area contributed by atoms with Gasteiger partial charge in [0, 0.05) is 6.42 Å². The molecule has 3 rings (SSSR count). The van der Waals surface area contributed by atoms with Gasteiger partial charge in [0.05, 0.1) is 5.41 Å². The molecule has 0 saturated carbocycles. The largest absolute Gasteiger partial charge is 0.303 e. The first-order chi connectivity index (χ1) is 12.3. The van der Waals surface area contributed by atoms with E-state index in [4.69, 9.17) is 0 Å². The van der Waals surface area contributed by atoms with Gasteiger partial charge in [0.2, 0.25) is 0 Å². The number of ketones is 1. The lowest BCUT2D eigenvalue weighted by Crippen LogP contribution is -2.41. The summed E-state index contributed by atoms with van der Waals surface area (Å²) in [4.78, 5) is 15.8. The Labute approximate surface area is 151 Å². The predicted octanol–water partition coefficient (Wildman–Crippen LogP) is 4.83. The first kappa shape index (κ1) is 17.9. The van der Waals surface area contributed by atoms with Gasteiger partial charge < -0.3 is 4.90 Å². The average molecular weight is 335 g/mol. The SMILES string of the molecule is CCC(=O)C(CCN1CCCCC1)(c1ccccc1)c1ccccc1. The lowest BCUT2D eigenvalue weighted by Gasteiger charge is -2.36. The Kier molecular flexibility index (Phi) is 6.04. The number of carbonyl (C=O) groups is 1. The van der Waals surface area contributed by atoms with E-state index in [1.807, 2.05) is 19.1 Å². The normalized spacial score (nSPS) is 15.9. The molecule has 2 nitrogen and oxygen atoms in total. The molecule has 0 bridgehead atoms. The van der Waals surface area contributed by atoms with Crippen molar-refractivity contribution in [2.24, 2.45) is 0 Å². The van der Waals surface area contributed by atoms with Crippen molar-refractivity contribution in [2.45, 2.75) is 44.4 Å². The van der Waals surface area contributed by atoms with Gasteiger partial charge in [0.25, 0.3) is 0 Å². The number of likely N-dealkylation sites (tertiary alicyclic amines) is 1. The van der Waals surface area contributed by atoms with Crippen LogP contribution in [0, 0.1) is 0 Å². The van der Waals surface area contributed by atoms with Crippen LogP contribution in [0.25, 0.3) is 0 Å². The highest BCUT2D eigenvalue weighted by molar-refractivity contribution is 5.93. The van der Waals surface area contributed by atoms with E-state index in [9.17, 15) is 4.79 Å². The molecule has 1 aliphatic heterocycles. The summed E-state index contributed by atoms with van der Waals surface area (Å²) in [5, 5.41) is 0. The Morgan fingerprint density at radius 1 is 0.880 bits per heavy atom. The van der Waals surface area contributed by atoms with Crippen LogP contribution in [0.2, 0.25) is 0 Å². The van der Waals surface area contributed by atoms with Crippen molar-refractivity contribution < 1.29 is 4.79 Å². The van der Waals surface area contributed by atoms with Gasteiger partial charge in [-0.05, 0) is 50.0 Å². The Morgan fingerprint density at radius 3 is 1.88 bits per heavy atom. The van der Waals surface area contributed by atoms with Crippen LogP contribution in [0.1, 0.15) is 50.2 Å². The number of nitrogens with zero attached hydrogens (tertiary/aromatic N) is 1. The van der Waals surface area contributed by atoms with E-state index in [1.54, 1.807) is 0 Å². The highest BCUT2D eigenvalue weighted by Gasteiger charge is 2.40. The van der Waals surface area contributed by atoms with Crippen LogP contribution in [0.5, 0.6) is 0 Å². The highest BCUT2D eigenvalue weighted by atomic mass is 16.1. The van der Waals surface area contributed by atoms with Crippen molar-refractivity contribution in [3.05, 3.63) is 71.8 Å². The van der Waals surface area contributed by atoms with Gasteiger partial charge in [-0.25, -0.2) is 0 Å². The molecular weight excluding hydrogens is 306 g/mol.